The Morgan fingerprint density at radius 1 is 0.448 bits per heavy atom. The number of hydrogen-bond donors (Lipinski definition) is 1. The highest BCUT2D eigenvalue weighted by Gasteiger charge is 2.59. The van der Waals surface area contributed by atoms with Gasteiger partial charge in [-0.05, 0) is 48.5 Å². The average molecular weight is 948 g/mol. The van der Waals surface area contributed by atoms with Crippen LogP contribution in [0.2, 0.25) is 0 Å². The zero-order valence-electron chi connectivity index (χ0n) is 35.9. The lowest BCUT2D eigenvalue weighted by molar-refractivity contribution is -0.357. The number of hydrogen-bond acceptors (Lipinski definition) is 19. The molecule has 67 heavy (non-hydrogen) atoms. The van der Waals surface area contributed by atoms with Gasteiger partial charge in [-0.3, -0.25) is 14.4 Å². The predicted molar refractivity (Wildman–Crippen MR) is 225 cm³/mol. The molecule has 4 aromatic carbocycles. The molecule has 2 aliphatic heterocycles. The van der Waals surface area contributed by atoms with Gasteiger partial charge in [0.2, 0.25) is 6.29 Å². The van der Waals surface area contributed by atoms with Gasteiger partial charge in [-0.2, -0.15) is 0 Å². The second-order valence-electron chi connectivity index (χ2n) is 14.7. The summed E-state index contributed by atoms with van der Waals surface area (Å²) >= 11 is 0. The first-order chi connectivity index (χ1) is 32.2. The smallest absolute Gasteiger partial charge is 0.463 e. The monoisotopic (exact) mass is 947 g/mol. The third-order valence-corrected chi connectivity index (χ3v) is 10.3. The van der Waals surface area contributed by atoms with E-state index in [-0.39, 0.29) is 22.3 Å². The van der Waals surface area contributed by atoms with Gasteiger partial charge in [-0.25, -0.2) is 19.2 Å². The maximum absolute atomic E-state index is 14.1. The second-order valence-corrected chi connectivity index (χ2v) is 15.3. The molecule has 2 heterocycles. The molecule has 0 saturated carbocycles. The first kappa shape index (κ1) is 49.5. The van der Waals surface area contributed by atoms with Crippen molar-refractivity contribution in [1.82, 2.24) is 0 Å². The fraction of sp³-hybridized carbons (Fsp3) is 0.326. The zero-order chi connectivity index (χ0) is 48.0. The number of benzene rings is 4. The summed E-state index contributed by atoms with van der Waals surface area (Å²) in [5.74, 6) is -6.73. The molecule has 2 saturated heterocycles. The maximum atomic E-state index is 14.1. The first-order valence-electron chi connectivity index (χ1n) is 20.5. The van der Waals surface area contributed by atoms with Gasteiger partial charge >= 0.3 is 50.0 Å². The number of esters is 7. The van der Waals surface area contributed by atoms with Crippen LogP contribution >= 0.6 is 8.25 Å². The lowest BCUT2D eigenvalue weighted by atomic mass is 9.96. The van der Waals surface area contributed by atoms with Crippen molar-refractivity contribution in [2.75, 3.05) is 13.2 Å². The van der Waals surface area contributed by atoms with Crippen molar-refractivity contribution in [3.63, 3.8) is 0 Å². The number of ether oxygens (including phenoxy) is 10. The van der Waals surface area contributed by atoms with Gasteiger partial charge in [0.15, 0.2) is 42.9 Å². The summed E-state index contributed by atoms with van der Waals surface area (Å²) in [6, 6.07) is 30.4. The van der Waals surface area contributed by atoms with Crippen molar-refractivity contribution in [1.29, 1.82) is 0 Å². The van der Waals surface area contributed by atoms with Crippen molar-refractivity contribution in [3.05, 3.63) is 144 Å². The van der Waals surface area contributed by atoms with Crippen LogP contribution in [0.1, 0.15) is 62.2 Å². The minimum absolute atomic E-state index is 0.0151. The van der Waals surface area contributed by atoms with E-state index < -0.39 is 125 Å². The predicted octanol–water partition coefficient (Wildman–Crippen LogP) is 4.45. The van der Waals surface area contributed by atoms with Crippen molar-refractivity contribution >= 4 is 50.0 Å². The molecule has 2 fully saturated rings. The fourth-order valence-corrected chi connectivity index (χ4v) is 7.33. The van der Waals surface area contributed by atoms with E-state index >= 15 is 0 Å². The lowest BCUT2D eigenvalue weighted by Gasteiger charge is -2.47. The first-order valence-corrected chi connectivity index (χ1v) is 21.6. The molecule has 4 aromatic rings. The normalized spacial score (nSPS) is 24.7. The summed E-state index contributed by atoms with van der Waals surface area (Å²) in [7, 11) is -3.59. The Morgan fingerprint density at radius 2 is 0.806 bits per heavy atom. The average Bonchev–Trinajstić information content (AvgIpc) is 3.31. The Hall–Kier alpha value is -6.93. The molecule has 0 spiro atoms. The molecule has 2 aliphatic rings. The molecule has 0 bridgehead atoms. The zero-order valence-corrected chi connectivity index (χ0v) is 36.8. The Bertz CT molecular complexity index is 2370. The van der Waals surface area contributed by atoms with Crippen LogP contribution in [-0.2, 0) is 70.8 Å². The molecule has 0 aliphatic carbocycles. The maximum Gasteiger partial charge on any atom is 0.697 e. The van der Waals surface area contributed by atoms with E-state index in [1.807, 2.05) is 0 Å². The summed E-state index contributed by atoms with van der Waals surface area (Å²) in [4.78, 5) is 103. The molecule has 0 amide bonds. The molecule has 0 radical (unpaired) electrons. The minimum Gasteiger partial charge on any atom is -0.463 e. The van der Waals surface area contributed by atoms with Gasteiger partial charge in [0, 0.05) is 25.3 Å². The summed E-state index contributed by atoms with van der Waals surface area (Å²) in [5.41, 5.74) is 0.0748. The number of rotatable bonds is 17. The van der Waals surface area contributed by atoms with E-state index in [1.54, 1.807) is 48.5 Å². The summed E-state index contributed by atoms with van der Waals surface area (Å²) in [5, 5.41) is 0. The Labute approximate surface area is 383 Å². The molecular weight excluding hydrogens is 903 g/mol. The van der Waals surface area contributed by atoms with Crippen LogP contribution in [0.3, 0.4) is 0 Å². The van der Waals surface area contributed by atoms with E-state index in [0.29, 0.717) is 0 Å². The van der Waals surface area contributed by atoms with Crippen molar-refractivity contribution < 1.29 is 94.9 Å². The fourth-order valence-electron chi connectivity index (χ4n) is 6.98. The van der Waals surface area contributed by atoms with Gasteiger partial charge < -0.3 is 47.4 Å². The number of carbonyl (C=O) groups is 7. The molecular formula is C46H44O20P+. The van der Waals surface area contributed by atoms with Crippen LogP contribution in [-0.4, -0.2) is 121 Å². The second kappa shape index (κ2) is 23.5. The van der Waals surface area contributed by atoms with E-state index in [2.05, 4.69) is 0 Å². The van der Waals surface area contributed by atoms with E-state index in [4.69, 9.17) is 51.9 Å². The molecule has 1 N–H and O–H groups in total. The van der Waals surface area contributed by atoms with Gasteiger partial charge in [-0.15, -0.1) is 4.89 Å². The van der Waals surface area contributed by atoms with Crippen LogP contribution in [0.5, 0.6) is 0 Å². The summed E-state index contributed by atoms with van der Waals surface area (Å²) < 4.78 is 76.4. The van der Waals surface area contributed by atoms with E-state index in [1.165, 1.54) is 72.8 Å². The standard InChI is InChI=1S/C46H43O20P/c1-26(47)56-24-33-35(58-27(2)48)37(59-28(3)49)40(46(61-33)66-67(54)55)65-45-39(64-44(53)32-22-14-7-15-23-32)38(63-43(52)31-20-12-6-13-21-31)36(62-42(51)30-18-10-5-11-19-30)34(60-45)25-57-41(50)29-16-8-4-9-17-29/h4-23,33-40,45-46H,24-25H2,1-3H3/p+1/t33-,34-,35-,36-,37+,38+,39+,40+,45-,46-/m1/s1. The largest absolute Gasteiger partial charge is 0.697 e. The van der Waals surface area contributed by atoms with Crippen LogP contribution in [0.15, 0.2) is 121 Å². The van der Waals surface area contributed by atoms with E-state index in [9.17, 15) is 43.0 Å². The van der Waals surface area contributed by atoms with E-state index in [0.717, 1.165) is 20.8 Å². The van der Waals surface area contributed by atoms with Crippen molar-refractivity contribution in [2.45, 2.75) is 82.2 Å². The van der Waals surface area contributed by atoms with Crippen LogP contribution in [0, 0.1) is 0 Å². The minimum atomic E-state index is -3.59. The van der Waals surface area contributed by atoms with Gasteiger partial charge in [0.1, 0.15) is 25.4 Å². The lowest BCUT2D eigenvalue weighted by Crippen LogP contribution is -2.67. The highest BCUT2D eigenvalue weighted by molar-refractivity contribution is 7.32. The molecule has 352 valence electrons. The number of carbonyl (C=O) groups excluding carboxylic acids is 7. The topological polar surface area (TPSA) is 258 Å². The Kier molecular flexibility index (Phi) is 17.4. The quantitative estimate of drug-likeness (QED) is 0.0871. The molecule has 11 atom stereocenters. The molecule has 0 aromatic heterocycles. The van der Waals surface area contributed by atoms with Gasteiger partial charge in [-0.1, -0.05) is 77.3 Å². The SMILES string of the molecule is CC(=O)OC[C@H]1O[C@H](O[P+](=O)O)[C@@H](O[C@H]2O[C@H](COC(=O)c3ccccc3)[C@@H](OC(=O)c3ccccc3)[C@H](OC(=O)c3ccccc3)[C@@H]2OC(=O)c2ccccc2)[C@@H](OC(C)=O)[C@@H]1OC(C)=O. The van der Waals surface area contributed by atoms with Crippen LogP contribution in [0.25, 0.3) is 0 Å². The van der Waals surface area contributed by atoms with Crippen LogP contribution < -0.4 is 0 Å². The molecule has 1 unspecified atom stereocenters. The highest BCUT2D eigenvalue weighted by atomic mass is 31.1. The Balaban J connectivity index is 1.51. The van der Waals surface area contributed by atoms with Gasteiger partial charge in [0.05, 0.1) is 22.3 Å². The highest BCUT2D eigenvalue weighted by Crippen LogP contribution is 2.38. The summed E-state index contributed by atoms with van der Waals surface area (Å²) in [6.45, 7) is 1.61. The molecule has 20 nitrogen and oxygen atoms in total. The molecule has 21 heteroatoms. The van der Waals surface area contributed by atoms with Crippen molar-refractivity contribution in [3.8, 4) is 0 Å². The summed E-state index contributed by atoms with van der Waals surface area (Å²) in [6.07, 6.45) is -18.7. The van der Waals surface area contributed by atoms with Crippen LogP contribution in [0.4, 0.5) is 0 Å². The Morgan fingerprint density at radius 3 is 1.24 bits per heavy atom. The van der Waals surface area contributed by atoms with Crippen molar-refractivity contribution in [2.24, 2.45) is 0 Å². The van der Waals surface area contributed by atoms with Gasteiger partial charge in [0.25, 0.3) is 0 Å². The molecule has 6 rings (SSSR count). The third kappa shape index (κ3) is 13.6. The third-order valence-electron chi connectivity index (χ3n) is 9.87.